The van der Waals surface area contributed by atoms with Crippen LogP contribution >= 0.6 is 11.3 Å². The van der Waals surface area contributed by atoms with Crippen molar-refractivity contribution in [2.75, 3.05) is 58.5 Å². The van der Waals surface area contributed by atoms with E-state index in [0.29, 0.717) is 57.2 Å². The Hall–Kier alpha value is -5.41. The monoisotopic (exact) mass is 739 g/mol. The van der Waals surface area contributed by atoms with Crippen LogP contribution in [-0.2, 0) is 17.8 Å². The number of halogens is 1. The second-order valence-corrected chi connectivity index (χ2v) is 13.2. The first-order valence-corrected chi connectivity index (χ1v) is 18.1. The number of nitrogens with zero attached hydrogens (tertiary/aromatic N) is 4. The fourth-order valence-electron chi connectivity index (χ4n) is 6.29. The van der Waals surface area contributed by atoms with E-state index in [1.54, 1.807) is 49.1 Å². The third-order valence-electron chi connectivity index (χ3n) is 9.01. The topological polar surface area (TPSA) is 137 Å². The molecule has 12 nitrogen and oxygen atoms in total. The minimum Gasteiger partial charge on any atom is -0.493 e. The molecule has 4 heterocycles. The molecule has 0 radical (unpaired) electrons. The highest BCUT2D eigenvalue weighted by atomic mass is 32.1. The number of amides is 1. The van der Waals surface area contributed by atoms with Crippen LogP contribution < -0.4 is 25.1 Å². The van der Waals surface area contributed by atoms with Crippen LogP contribution in [0, 0.1) is 5.82 Å². The SMILES string of the molecule is COc1cc2c(OCc3ccc(NC(=O)c4cc5ncsc5n(-c5ccccc5CCO)c4=O)cc3F)ccnc2cc1OCCCN1CCOCC1. The third-order valence-corrected chi connectivity index (χ3v) is 9.84. The highest BCUT2D eigenvalue weighted by molar-refractivity contribution is 7.16. The number of aliphatic hydroxyl groups excluding tert-OH is 1. The lowest BCUT2D eigenvalue weighted by molar-refractivity contribution is 0.0357. The Morgan fingerprint density at radius 1 is 0.981 bits per heavy atom. The van der Waals surface area contributed by atoms with Gasteiger partial charge < -0.3 is 29.4 Å². The summed E-state index contributed by atoms with van der Waals surface area (Å²) in [6, 6.07) is 18.2. The van der Waals surface area contributed by atoms with Crippen LogP contribution in [0.15, 0.2) is 83.2 Å². The summed E-state index contributed by atoms with van der Waals surface area (Å²) in [7, 11) is 1.57. The van der Waals surface area contributed by atoms with E-state index >= 15 is 4.39 Å². The van der Waals surface area contributed by atoms with Crippen molar-refractivity contribution in [2.24, 2.45) is 0 Å². The molecule has 1 amide bonds. The molecule has 2 N–H and O–H groups in total. The summed E-state index contributed by atoms with van der Waals surface area (Å²) >= 11 is 1.27. The van der Waals surface area contributed by atoms with Gasteiger partial charge in [-0.05, 0) is 54.8 Å². The summed E-state index contributed by atoms with van der Waals surface area (Å²) in [5, 5.41) is 12.9. The van der Waals surface area contributed by atoms with Gasteiger partial charge in [-0.15, -0.1) is 11.3 Å². The van der Waals surface area contributed by atoms with Gasteiger partial charge in [-0.25, -0.2) is 9.37 Å². The van der Waals surface area contributed by atoms with Gasteiger partial charge in [0, 0.05) is 55.1 Å². The zero-order chi connectivity index (χ0) is 36.7. The quantitative estimate of drug-likeness (QED) is 0.136. The average Bonchev–Trinajstić information content (AvgIpc) is 3.65. The van der Waals surface area contributed by atoms with Crippen LogP contribution in [0.25, 0.3) is 26.9 Å². The first-order valence-electron chi connectivity index (χ1n) is 17.2. The van der Waals surface area contributed by atoms with Gasteiger partial charge in [-0.2, -0.15) is 0 Å². The van der Waals surface area contributed by atoms with E-state index in [4.69, 9.17) is 18.9 Å². The van der Waals surface area contributed by atoms with E-state index in [1.165, 1.54) is 34.1 Å². The molecular weight excluding hydrogens is 702 g/mol. The molecule has 3 aromatic carbocycles. The number of pyridine rings is 2. The average molecular weight is 740 g/mol. The van der Waals surface area contributed by atoms with E-state index < -0.39 is 17.3 Å². The van der Waals surface area contributed by atoms with Crippen molar-refractivity contribution >= 4 is 44.2 Å². The Balaban J connectivity index is 1.04. The Morgan fingerprint density at radius 2 is 1.83 bits per heavy atom. The molecule has 0 atom stereocenters. The maximum Gasteiger partial charge on any atom is 0.269 e. The molecule has 0 bridgehead atoms. The number of para-hydroxylation sites is 1. The van der Waals surface area contributed by atoms with Crippen LogP contribution in [0.2, 0.25) is 0 Å². The van der Waals surface area contributed by atoms with Crippen molar-refractivity contribution in [1.29, 1.82) is 0 Å². The number of morpholine rings is 1. The van der Waals surface area contributed by atoms with Crippen LogP contribution in [0.5, 0.6) is 17.2 Å². The molecule has 7 rings (SSSR count). The molecule has 0 unspecified atom stereocenters. The largest absolute Gasteiger partial charge is 0.493 e. The van der Waals surface area contributed by atoms with Crippen LogP contribution in [0.1, 0.15) is 27.9 Å². The number of hydrogen-bond acceptors (Lipinski definition) is 11. The number of ether oxygens (including phenoxy) is 4. The van der Waals surface area contributed by atoms with Gasteiger partial charge >= 0.3 is 0 Å². The Bertz CT molecular complexity index is 2310. The minimum atomic E-state index is -0.709. The Kier molecular flexibility index (Phi) is 11.2. The molecule has 0 spiro atoms. The van der Waals surface area contributed by atoms with Gasteiger partial charge in [0.15, 0.2) is 11.5 Å². The van der Waals surface area contributed by atoms with Gasteiger partial charge in [0.2, 0.25) is 0 Å². The van der Waals surface area contributed by atoms with Gasteiger partial charge in [0.1, 0.15) is 28.6 Å². The molecule has 0 saturated carbocycles. The summed E-state index contributed by atoms with van der Waals surface area (Å²) in [6.45, 7) is 4.60. The lowest BCUT2D eigenvalue weighted by Gasteiger charge is -2.26. The van der Waals surface area contributed by atoms with Gasteiger partial charge in [0.05, 0.1) is 49.2 Å². The van der Waals surface area contributed by atoms with Gasteiger partial charge in [0.25, 0.3) is 11.5 Å². The molecule has 1 saturated heterocycles. The van der Waals surface area contributed by atoms with Crippen LogP contribution in [0.4, 0.5) is 10.1 Å². The molecule has 1 aliphatic rings. The molecule has 1 fully saturated rings. The number of carbonyl (C=O) groups excluding carboxylic acids is 1. The maximum absolute atomic E-state index is 15.4. The van der Waals surface area contributed by atoms with Crippen LogP contribution in [0.3, 0.4) is 0 Å². The van der Waals surface area contributed by atoms with Crippen LogP contribution in [-0.4, -0.2) is 83.6 Å². The normalized spacial score (nSPS) is 13.3. The number of anilines is 1. The van der Waals surface area contributed by atoms with Crippen molar-refractivity contribution in [2.45, 2.75) is 19.4 Å². The molecule has 14 heteroatoms. The highest BCUT2D eigenvalue weighted by Gasteiger charge is 2.21. The van der Waals surface area contributed by atoms with Crippen molar-refractivity contribution in [3.63, 3.8) is 0 Å². The Morgan fingerprint density at radius 3 is 2.64 bits per heavy atom. The lowest BCUT2D eigenvalue weighted by Crippen LogP contribution is -2.37. The number of thiazole rings is 1. The number of benzene rings is 3. The molecule has 0 aliphatic carbocycles. The number of aromatic nitrogens is 3. The fraction of sp³-hybridized carbons (Fsp3) is 0.282. The van der Waals surface area contributed by atoms with Crippen molar-refractivity contribution in [3.05, 3.63) is 111 Å². The number of nitrogens with one attached hydrogen (secondary N) is 1. The summed E-state index contributed by atoms with van der Waals surface area (Å²) in [6.07, 6.45) is 2.80. The smallest absolute Gasteiger partial charge is 0.269 e. The first kappa shape index (κ1) is 36.0. The second-order valence-electron chi connectivity index (χ2n) is 12.4. The zero-order valence-electron chi connectivity index (χ0n) is 29.0. The van der Waals surface area contributed by atoms with Crippen molar-refractivity contribution < 1.29 is 33.2 Å². The standard InChI is InChI=1S/C39H38FN5O7S/c1-49-35-21-28-31(22-36(35)51-16-4-12-44-13-17-50-18-14-44)41-11-9-34(28)52-23-26-7-8-27(19-30(26)40)43-37(47)29-20-32-39(53-24-42-32)45(38(29)48)33-6-3-2-5-25(33)10-15-46/h2-3,5-9,11,19-22,24,46H,4,10,12-18,23H2,1H3,(H,43,47). The van der Waals surface area contributed by atoms with Crippen molar-refractivity contribution in [1.82, 2.24) is 19.4 Å². The van der Waals surface area contributed by atoms with Crippen molar-refractivity contribution in [3.8, 4) is 22.9 Å². The molecule has 53 heavy (non-hydrogen) atoms. The van der Waals surface area contributed by atoms with E-state index in [0.717, 1.165) is 44.8 Å². The molecule has 274 valence electrons. The summed E-state index contributed by atoms with van der Waals surface area (Å²) < 4.78 is 40.0. The first-order chi connectivity index (χ1) is 25.9. The number of hydrogen-bond donors (Lipinski definition) is 2. The lowest BCUT2D eigenvalue weighted by atomic mass is 10.1. The number of carbonyl (C=O) groups is 1. The number of rotatable bonds is 14. The predicted molar refractivity (Wildman–Crippen MR) is 200 cm³/mol. The van der Waals surface area contributed by atoms with E-state index in [9.17, 15) is 14.7 Å². The zero-order valence-corrected chi connectivity index (χ0v) is 29.9. The molecule has 6 aromatic rings. The number of fused-ring (bicyclic) bond motifs is 2. The number of aliphatic hydroxyl groups is 1. The second kappa shape index (κ2) is 16.5. The van der Waals surface area contributed by atoms with Gasteiger partial charge in [-0.1, -0.05) is 24.3 Å². The highest BCUT2D eigenvalue weighted by Crippen LogP contribution is 2.36. The third kappa shape index (κ3) is 8.00. The van der Waals surface area contributed by atoms with E-state index in [2.05, 4.69) is 20.2 Å². The van der Waals surface area contributed by atoms with Gasteiger partial charge in [-0.3, -0.25) is 24.0 Å². The minimum absolute atomic E-state index is 0.0975. The molecular formula is C39H38FN5O7S. The summed E-state index contributed by atoms with van der Waals surface area (Å²) in [5.41, 5.74) is 3.70. The fourth-order valence-corrected chi connectivity index (χ4v) is 7.07. The maximum atomic E-state index is 15.4. The summed E-state index contributed by atoms with van der Waals surface area (Å²) in [4.78, 5) is 39.0. The van der Waals surface area contributed by atoms with E-state index in [-0.39, 0.29) is 30.0 Å². The summed E-state index contributed by atoms with van der Waals surface area (Å²) in [5.74, 6) is 0.282. The molecule has 3 aromatic heterocycles. The molecule has 1 aliphatic heterocycles. The van der Waals surface area contributed by atoms with E-state index in [1.807, 2.05) is 18.2 Å². The number of methoxy groups -OCH3 is 1. The Labute approximate surface area is 308 Å². The predicted octanol–water partition coefficient (Wildman–Crippen LogP) is 5.61.